The molecule has 1 amide bonds. The Bertz CT molecular complexity index is 1110. The molecule has 28 heavy (non-hydrogen) atoms. The highest BCUT2D eigenvalue weighted by Crippen LogP contribution is 2.26. The van der Waals surface area contributed by atoms with E-state index in [9.17, 15) is 4.79 Å². The highest BCUT2D eigenvalue weighted by molar-refractivity contribution is 7.19. The van der Waals surface area contributed by atoms with Crippen LogP contribution in [0.3, 0.4) is 0 Å². The summed E-state index contributed by atoms with van der Waals surface area (Å²) in [6.07, 6.45) is 1.88. The number of aromatic nitrogens is 4. The standard InChI is InChI=1S/C21H21N5OS/c1-3-6-18-23-24-21-26(18)25-20(28-21)16-11-9-15(10-12-16)13-22-19(27)17-8-5-4-7-14(17)2/h4-5,7-12H,3,6,13H2,1-2H3,(H,22,27). The molecule has 4 aromatic rings. The van der Waals surface area contributed by atoms with Crippen molar-refractivity contribution in [3.05, 3.63) is 71.0 Å². The lowest BCUT2D eigenvalue weighted by Crippen LogP contribution is -2.23. The van der Waals surface area contributed by atoms with Crippen molar-refractivity contribution in [3.8, 4) is 10.6 Å². The number of benzene rings is 2. The maximum absolute atomic E-state index is 12.3. The molecule has 142 valence electrons. The third-order valence-corrected chi connectivity index (χ3v) is 5.52. The molecule has 0 aliphatic carbocycles. The van der Waals surface area contributed by atoms with Gasteiger partial charge in [-0.2, -0.15) is 9.61 Å². The number of hydrogen-bond donors (Lipinski definition) is 1. The molecule has 0 unspecified atom stereocenters. The first-order chi connectivity index (χ1) is 13.7. The van der Waals surface area contributed by atoms with Gasteiger partial charge in [0.05, 0.1) is 0 Å². The van der Waals surface area contributed by atoms with Crippen LogP contribution in [0.2, 0.25) is 0 Å². The summed E-state index contributed by atoms with van der Waals surface area (Å²) in [7, 11) is 0. The van der Waals surface area contributed by atoms with Crippen molar-refractivity contribution < 1.29 is 4.79 Å². The van der Waals surface area contributed by atoms with Gasteiger partial charge in [0.2, 0.25) is 4.96 Å². The molecule has 0 radical (unpaired) electrons. The van der Waals surface area contributed by atoms with Gasteiger partial charge in [-0.3, -0.25) is 4.79 Å². The van der Waals surface area contributed by atoms with Gasteiger partial charge in [-0.05, 0) is 30.5 Å². The molecule has 0 saturated carbocycles. The van der Waals surface area contributed by atoms with Crippen LogP contribution in [-0.4, -0.2) is 25.7 Å². The average Bonchev–Trinajstić information content (AvgIpc) is 3.29. The van der Waals surface area contributed by atoms with E-state index in [0.29, 0.717) is 12.1 Å². The van der Waals surface area contributed by atoms with Crippen LogP contribution in [-0.2, 0) is 13.0 Å². The van der Waals surface area contributed by atoms with Gasteiger partial charge in [-0.1, -0.05) is 60.7 Å². The lowest BCUT2D eigenvalue weighted by Gasteiger charge is -2.08. The van der Waals surface area contributed by atoms with Gasteiger partial charge in [0.15, 0.2) is 5.82 Å². The van der Waals surface area contributed by atoms with Crippen molar-refractivity contribution in [1.29, 1.82) is 0 Å². The van der Waals surface area contributed by atoms with Crippen LogP contribution in [0, 0.1) is 6.92 Å². The fraction of sp³-hybridized carbons (Fsp3) is 0.238. The number of carbonyl (C=O) groups is 1. The third-order valence-electron chi connectivity index (χ3n) is 4.57. The highest BCUT2D eigenvalue weighted by atomic mass is 32.1. The molecule has 4 rings (SSSR count). The Morgan fingerprint density at radius 1 is 1.11 bits per heavy atom. The van der Waals surface area contributed by atoms with Crippen molar-refractivity contribution in [3.63, 3.8) is 0 Å². The lowest BCUT2D eigenvalue weighted by molar-refractivity contribution is 0.0950. The molecule has 0 fully saturated rings. The van der Waals surface area contributed by atoms with Gasteiger partial charge in [0, 0.05) is 24.1 Å². The van der Waals surface area contributed by atoms with Crippen molar-refractivity contribution in [2.24, 2.45) is 0 Å². The first kappa shape index (κ1) is 18.3. The quantitative estimate of drug-likeness (QED) is 0.538. The molecule has 0 saturated heterocycles. The van der Waals surface area contributed by atoms with Gasteiger partial charge in [0.1, 0.15) is 5.01 Å². The topological polar surface area (TPSA) is 72.2 Å². The van der Waals surface area contributed by atoms with Crippen LogP contribution in [0.4, 0.5) is 0 Å². The zero-order valence-electron chi connectivity index (χ0n) is 15.8. The number of fused-ring (bicyclic) bond motifs is 1. The third kappa shape index (κ3) is 3.66. The van der Waals surface area contributed by atoms with Crippen LogP contribution in [0.15, 0.2) is 48.5 Å². The second-order valence-corrected chi connectivity index (χ2v) is 7.62. The van der Waals surface area contributed by atoms with E-state index in [4.69, 9.17) is 0 Å². The van der Waals surface area contributed by atoms with Crippen LogP contribution in [0.25, 0.3) is 15.5 Å². The summed E-state index contributed by atoms with van der Waals surface area (Å²) in [6.45, 7) is 4.54. The minimum Gasteiger partial charge on any atom is -0.348 e. The Labute approximate surface area is 167 Å². The molecule has 0 bridgehead atoms. The Morgan fingerprint density at radius 2 is 1.89 bits per heavy atom. The molecule has 0 atom stereocenters. The van der Waals surface area contributed by atoms with Crippen LogP contribution in [0.1, 0.15) is 40.7 Å². The summed E-state index contributed by atoms with van der Waals surface area (Å²) in [5.41, 5.74) is 3.76. The Balaban J connectivity index is 1.45. The van der Waals surface area contributed by atoms with E-state index in [1.54, 1.807) is 0 Å². The minimum absolute atomic E-state index is 0.0562. The van der Waals surface area contributed by atoms with Gasteiger partial charge < -0.3 is 5.32 Å². The fourth-order valence-electron chi connectivity index (χ4n) is 3.02. The van der Waals surface area contributed by atoms with E-state index in [2.05, 4.69) is 27.5 Å². The SMILES string of the molecule is CCCc1nnc2sc(-c3ccc(CNC(=O)c4ccccc4C)cc3)nn12. The summed E-state index contributed by atoms with van der Waals surface area (Å²) in [5, 5.41) is 16.9. The number of nitrogens with zero attached hydrogens (tertiary/aromatic N) is 4. The second kappa shape index (κ2) is 7.90. The Kier molecular flexibility index (Phi) is 5.16. The fourth-order valence-corrected chi connectivity index (χ4v) is 3.89. The summed E-state index contributed by atoms with van der Waals surface area (Å²) in [6, 6.07) is 15.7. The predicted octanol–water partition coefficient (Wildman–Crippen LogP) is 4.04. The van der Waals surface area contributed by atoms with E-state index in [1.165, 1.54) is 11.3 Å². The predicted molar refractivity (Wildman–Crippen MR) is 110 cm³/mol. The number of carbonyl (C=O) groups excluding carboxylic acids is 1. The zero-order chi connectivity index (χ0) is 19.5. The summed E-state index contributed by atoms with van der Waals surface area (Å²) in [4.78, 5) is 13.2. The second-order valence-electron chi connectivity index (χ2n) is 6.66. The maximum atomic E-state index is 12.3. The molecule has 0 aliphatic heterocycles. The zero-order valence-corrected chi connectivity index (χ0v) is 16.7. The minimum atomic E-state index is -0.0562. The molecule has 6 nitrogen and oxygen atoms in total. The number of nitrogens with one attached hydrogen (secondary N) is 1. The van der Waals surface area contributed by atoms with Gasteiger partial charge in [0.25, 0.3) is 5.91 Å². The van der Waals surface area contributed by atoms with Gasteiger partial charge >= 0.3 is 0 Å². The molecule has 2 aromatic heterocycles. The van der Waals surface area contributed by atoms with Crippen molar-refractivity contribution in [2.45, 2.75) is 33.2 Å². The molecule has 1 N–H and O–H groups in total. The maximum Gasteiger partial charge on any atom is 0.251 e. The molecule has 7 heteroatoms. The van der Waals surface area contributed by atoms with E-state index in [0.717, 1.165) is 45.3 Å². The average molecular weight is 392 g/mol. The lowest BCUT2D eigenvalue weighted by atomic mass is 10.1. The van der Waals surface area contributed by atoms with Crippen LogP contribution in [0.5, 0.6) is 0 Å². The number of amides is 1. The van der Waals surface area contributed by atoms with Gasteiger partial charge in [-0.15, -0.1) is 10.2 Å². The normalized spacial score (nSPS) is 11.1. The number of rotatable bonds is 6. The van der Waals surface area contributed by atoms with Crippen LogP contribution < -0.4 is 5.32 Å². The van der Waals surface area contributed by atoms with Crippen molar-refractivity contribution in [1.82, 2.24) is 25.1 Å². The molecule has 0 spiro atoms. The largest absolute Gasteiger partial charge is 0.348 e. The smallest absolute Gasteiger partial charge is 0.251 e. The Hall–Kier alpha value is -3.06. The molecular weight excluding hydrogens is 370 g/mol. The van der Waals surface area contributed by atoms with Crippen LogP contribution >= 0.6 is 11.3 Å². The Morgan fingerprint density at radius 3 is 2.64 bits per heavy atom. The summed E-state index contributed by atoms with van der Waals surface area (Å²) < 4.78 is 1.83. The first-order valence-corrected chi connectivity index (χ1v) is 10.1. The van der Waals surface area contributed by atoms with Crippen molar-refractivity contribution >= 4 is 22.2 Å². The first-order valence-electron chi connectivity index (χ1n) is 9.30. The molecule has 2 aromatic carbocycles. The van der Waals surface area contributed by atoms with E-state index in [1.807, 2.05) is 60.0 Å². The van der Waals surface area contributed by atoms with Crippen molar-refractivity contribution in [2.75, 3.05) is 0 Å². The monoisotopic (exact) mass is 391 g/mol. The van der Waals surface area contributed by atoms with E-state index >= 15 is 0 Å². The molecule has 0 aliphatic rings. The summed E-state index contributed by atoms with van der Waals surface area (Å²) >= 11 is 1.53. The van der Waals surface area contributed by atoms with Gasteiger partial charge in [-0.25, -0.2) is 0 Å². The van der Waals surface area contributed by atoms with E-state index < -0.39 is 0 Å². The number of aryl methyl sites for hydroxylation is 2. The number of hydrogen-bond acceptors (Lipinski definition) is 5. The van der Waals surface area contributed by atoms with E-state index in [-0.39, 0.29) is 5.91 Å². The molecular formula is C21H21N5OS. The summed E-state index contributed by atoms with van der Waals surface area (Å²) in [5.74, 6) is 0.842. The molecule has 2 heterocycles. The highest BCUT2D eigenvalue weighted by Gasteiger charge is 2.12.